The van der Waals surface area contributed by atoms with Gasteiger partial charge in [0.25, 0.3) is 0 Å². The third-order valence-corrected chi connectivity index (χ3v) is 5.71. The van der Waals surface area contributed by atoms with Gasteiger partial charge in [0.2, 0.25) is 0 Å². The summed E-state index contributed by atoms with van der Waals surface area (Å²) in [6.45, 7) is 4.41. The average molecular weight is 369 g/mol. The lowest BCUT2D eigenvalue weighted by atomic mass is 9.96. The van der Waals surface area contributed by atoms with Gasteiger partial charge < -0.3 is 10.2 Å². The molecule has 6 heteroatoms. The maximum Gasteiger partial charge on any atom is 0.158 e. The number of fused-ring (bicyclic) bond motifs is 2. The fourth-order valence-electron chi connectivity index (χ4n) is 4.20. The van der Waals surface area contributed by atoms with Crippen LogP contribution in [0, 0.1) is 0 Å². The summed E-state index contributed by atoms with van der Waals surface area (Å²) in [4.78, 5) is 7.48. The molecule has 0 amide bonds. The zero-order chi connectivity index (χ0) is 17.5. The highest BCUT2D eigenvalue weighted by Gasteiger charge is 2.25. The summed E-state index contributed by atoms with van der Waals surface area (Å²) in [6.07, 6.45) is 4.67. The van der Waals surface area contributed by atoms with E-state index in [2.05, 4.69) is 26.9 Å². The summed E-state index contributed by atoms with van der Waals surface area (Å²) in [5, 5.41) is 8.08. The lowest BCUT2D eigenvalue weighted by Gasteiger charge is -2.31. The molecule has 5 nitrogen and oxygen atoms in total. The predicted molar refractivity (Wildman–Crippen MR) is 104 cm³/mol. The fraction of sp³-hybridized carbons (Fsp3) is 0.400. The van der Waals surface area contributed by atoms with E-state index in [9.17, 15) is 0 Å². The number of benzene rings is 1. The lowest BCUT2D eigenvalue weighted by molar-refractivity contribution is -0.655. The molecule has 0 unspecified atom stereocenters. The average Bonchev–Trinajstić information content (AvgIpc) is 3.10. The van der Waals surface area contributed by atoms with Crippen molar-refractivity contribution in [2.24, 2.45) is 0 Å². The Morgan fingerprint density at radius 3 is 2.73 bits per heavy atom. The minimum absolute atomic E-state index is 0.735. The monoisotopic (exact) mass is 368 g/mol. The summed E-state index contributed by atoms with van der Waals surface area (Å²) in [7, 11) is 0. The van der Waals surface area contributed by atoms with Crippen LogP contribution in [-0.4, -0.2) is 40.8 Å². The van der Waals surface area contributed by atoms with Gasteiger partial charge in [-0.2, -0.15) is 9.61 Å². The molecule has 3 heterocycles. The van der Waals surface area contributed by atoms with E-state index in [0.29, 0.717) is 0 Å². The Balaban J connectivity index is 1.71. The zero-order valence-electron chi connectivity index (χ0n) is 14.8. The number of aryl methyl sites for hydroxylation is 1. The first-order chi connectivity index (χ1) is 12.8. The number of nitrogens with zero attached hydrogens (tertiary/aromatic N) is 4. The summed E-state index contributed by atoms with van der Waals surface area (Å²) < 4.78 is 2.08. The molecule has 0 radical (unpaired) electrons. The first-order valence-corrected chi connectivity index (χ1v) is 9.91. The van der Waals surface area contributed by atoms with Crippen molar-refractivity contribution in [3.05, 3.63) is 46.6 Å². The molecule has 26 heavy (non-hydrogen) atoms. The largest absolute Gasteiger partial charge is 0.345 e. The van der Waals surface area contributed by atoms with Crippen molar-refractivity contribution in [1.29, 1.82) is 0 Å². The van der Waals surface area contributed by atoms with Crippen molar-refractivity contribution in [3.63, 3.8) is 0 Å². The summed E-state index contributed by atoms with van der Waals surface area (Å²) in [5.74, 6) is 1.27. The van der Waals surface area contributed by atoms with Gasteiger partial charge in [-0.1, -0.05) is 23.7 Å². The van der Waals surface area contributed by atoms with Crippen LogP contribution in [0.25, 0.3) is 16.9 Å². The Hall–Kier alpha value is -2.11. The highest BCUT2D eigenvalue weighted by molar-refractivity contribution is 6.30. The van der Waals surface area contributed by atoms with Crippen LogP contribution in [-0.2, 0) is 12.8 Å². The Morgan fingerprint density at radius 1 is 1.04 bits per heavy atom. The van der Waals surface area contributed by atoms with Crippen LogP contribution >= 0.6 is 11.6 Å². The molecule has 1 aliphatic heterocycles. The number of rotatable bonds is 2. The smallest absolute Gasteiger partial charge is 0.158 e. The first kappa shape index (κ1) is 16.1. The van der Waals surface area contributed by atoms with Gasteiger partial charge in [0, 0.05) is 27.9 Å². The highest BCUT2D eigenvalue weighted by atomic mass is 35.5. The molecular formula is C20H23ClN5+. The van der Waals surface area contributed by atoms with Crippen molar-refractivity contribution in [3.8, 4) is 11.3 Å². The summed E-state index contributed by atoms with van der Waals surface area (Å²) >= 11 is 6.19. The number of halogens is 1. The van der Waals surface area contributed by atoms with Gasteiger partial charge >= 0.3 is 0 Å². The second-order valence-corrected chi connectivity index (χ2v) is 7.67. The van der Waals surface area contributed by atoms with Crippen molar-refractivity contribution < 1.29 is 5.32 Å². The normalized spacial score (nSPS) is 17.5. The van der Waals surface area contributed by atoms with Gasteiger partial charge in [0.05, 0.1) is 31.9 Å². The van der Waals surface area contributed by atoms with Crippen LogP contribution in [0.15, 0.2) is 30.3 Å². The van der Waals surface area contributed by atoms with Crippen LogP contribution in [0.3, 0.4) is 0 Å². The van der Waals surface area contributed by atoms with Gasteiger partial charge in [0.15, 0.2) is 5.65 Å². The molecule has 5 rings (SSSR count). The predicted octanol–water partition coefficient (Wildman–Crippen LogP) is 2.31. The van der Waals surface area contributed by atoms with E-state index in [0.717, 1.165) is 60.9 Å². The molecule has 2 aliphatic rings. The van der Waals surface area contributed by atoms with Gasteiger partial charge in [-0.3, -0.25) is 0 Å². The van der Waals surface area contributed by atoms with Crippen LogP contribution in [0.2, 0.25) is 5.02 Å². The number of anilines is 1. The maximum absolute atomic E-state index is 6.19. The fourth-order valence-corrected chi connectivity index (χ4v) is 4.39. The number of hydrogen-bond donors (Lipinski definition) is 1. The lowest BCUT2D eigenvalue weighted by Crippen LogP contribution is -2.89. The summed E-state index contributed by atoms with van der Waals surface area (Å²) in [5.41, 5.74) is 5.61. The van der Waals surface area contributed by atoms with E-state index >= 15 is 0 Å². The second kappa shape index (κ2) is 6.56. The number of hydrogen-bond acceptors (Lipinski definition) is 3. The molecule has 0 bridgehead atoms. The minimum Gasteiger partial charge on any atom is -0.345 e. The van der Waals surface area contributed by atoms with E-state index in [4.69, 9.17) is 21.7 Å². The van der Waals surface area contributed by atoms with Crippen molar-refractivity contribution in [2.45, 2.75) is 25.7 Å². The molecule has 2 aromatic heterocycles. The van der Waals surface area contributed by atoms with E-state index in [1.54, 1.807) is 0 Å². The number of quaternary nitrogens is 1. The molecule has 1 fully saturated rings. The Kier molecular flexibility index (Phi) is 4.06. The quantitative estimate of drug-likeness (QED) is 0.755. The van der Waals surface area contributed by atoms with E-state index in [-0.39, 0.29) is 0 Å². The SMILES string of the molecule is Clc1cccc(-c2cc3nc4c(c(N5CC[NH2+]CC5)n3n2)CCCC4)c1. The Labute approximate surface area is 158 Å². The number of nitrogens with two attached hydrogens (primary N) is 1. The highest BCUT2D eigenvalue weighted by Crippen LogP contribution is 2.32. The standard InChI is InChI=1S/C20H22ClN5/c21-15-5-3-4-14(12-15)18-13-19-23-17-7-2-1-6-16(17)20(26(19)24-18)25-10-8-22-9-11-25/h3-5,12-13,22H,1-2,6-11H2/p+1. The van der Waals surface area contributed by atoms with Crippen LogP contribution < -0.4 is 10.2 Å². The Morgan fingerprint density at radius 2 is 1.88 bits per heavy atom. The zero-order valence-corrected chi connectivity index (χ0v) is 15.5. The van der Waals surface area contributed by atoms with Crippen LogP contribution in [0.5, 0.6) is 0 Å². The summed E-state index contributed by atoms with van der Waals surface area (Å²) in [6, 6.07) is 10.00. The third-order valence-electron chi connectivity index (χ3n) is 5.48. The molecule has 1 saturated heterocycles. The van der Waals surface area contributed by atoms with Crippen LogP contribution in [0.4, 0.5) is 5.82 Å². The molecule has 0 atom stereocenters. The topological polar surface area (TPSA) is 50.0 Å². The number of piperazine rings is 1. The minimum atomic E-state index is 0.735. The first-order valence-electron chi connectivity index (χ1n) is 9.54. The maximum atomic E-state index is 6.19. The van der Waals surface area contributed by atoms with Crippen molar-refractivity contribution in [1.82, 2.24) is 14.6 Å². The van der Waals surface area contributed by atoms with Gasteiger partial charge in [-0.15, -0.1) is 0 Å². The third kappa shape index (κ3) is 2.75. The number of aromatic nitrogens is 3. The molecule has 3 aromatic rings. The molecular weight excluding hydrogens is 346 g/mol. The molecule has 1 aromatic carbocycles. The van der Waals surface area contributed by atoms with Crippen molar-refractivity contribution >= 4 is 23.1 Å². The molecule has 134 valence electrons. The molecule has 0 spiro atoms. The Bertz CT molecular complexity index is 958. The van der Waals surface area contributed by atoms with Crippen molar-refractivity contribution in [2.75, 3.05) is 31.1 Å². The van der Waals surface area contributed by atoms with E-state index in [1.807, 2.05) is 18.2 Å². The van der Waals surface area contributed by atoms with E-state index in [1.165, 1.54) is 29.9 Å². The molecule has 2 N–H and O–H groups in total. The second-order valence-electron chi connectivity index (χ2n) is 7.23. The van der Waals surface area contributed by atoms with Crippen LogP contribution in [0.1, 0.15) is 24.1 Å². The molecule has 0 saturated carbocycles. The molecule has 1 aliphatic carbocycles. The van der Waals surface area contributed by atoms with Gasteiger partial charge in [0.1, 0.15) is 5.82 Å². The van der Waals surface area contributed by atoms with Gasteiger partial charge in [-0.25, -0.2) is 4.98 Å². The van der Waals surface area contributed by atoms with Gasteiger partial charge in [-0.05, 0) is 37.8 Å². The van der Waals surface area contributed by atoms with E-state index < -0.39 is 0 Å².